The summed E-state index contributed by atoms with van der Waals surface area (Å²) in [6.45, 7) is 4.59. The average molecular weight is 1470 g/mol. The Kier molecular flexibility index (Phi) is 71.4. The molecule has 0 aromatic carbocycles. The van der Waals surface area contributed by atoms with Gasteiger partial charge in [0.15, 0.2) is 12.2 Å². The molecule has 0 fully saturated rings. The van der Waals surface area contributed by atoms with E-state index in [4.69, 9.17) is 37.0 Å². The first kappa shape index (κ1) is 97.5. The minimum Gasteiger partial charge on any atom is -0.462 e. The van der Waals surface area contributed by atoms with Crippen molar-refractivity contribution in [3.63, 3.8) is 0 Å². The Morgan fingerprint density at radius 3 is 0.882 bits per heavy atom. The molecule has 0 heterocycles. The fourth-order valence-electron chi connectivity index (χ4n) is 10.4. The Balaban J connectivity index is 5.41. The highest BCUT2D eigenvalue weighted by molar-refractivity contribution is 7.47. The van der Waals surface area contributed by atoms with E-state index in [1.807, 2.05) is 12.2 Å². The third-order valence-electron chi connectivity index (χ3n) is 16.4. The predicted molar refractivity (Wildman–Crippen MR) is 418 cm³/mol. The fourth-order valence-corrected chi connectivity index (χ4v) is 11.9. The molecule has 19 heteroatoms. The van der Waals surface area contributed by atoms with Gasteiger partial charge in [-0.05, 0) is 128 Å². The summed E-state index contributed by atoms with van der Waals surface area (Å²) in [5, 5.41) is 10.6. The molecule has 0 radical (unpaired) electrons. The monoisotopic (exact) mass is 1470 g/mol. The van der Waals surface area contributed by atoms with Crippen LogP contribution in [0.2, 0.25) is 0 Å². The molecule has 0 aliphatic carbocycles. The van der Waals surface area contributed by atoms with Crippen molar-refractivity contribution >= 4 is 39.5 Å². The summed E-state index contributed by atoms with van der Waals surface area (Å²) in [6, 6.07) is 0. The second-order valence-electron chi connectivity index (χ2n) is 26.3. The van der Waals surface area contributed by atoms with Crippen LogP contribution < -0.4 is 0 Å². The largest absolute Gasteiger partial charge is 0.472 e. The van der Waals surface area contributed by atoms with Crippen LogP contribution in [0, 0.1) is 0 Å². The van der Waals surface area contributed by atoms with Gasteiger partial charge in [0.25, 0.3) is 0 Å². The lowest BCUT2D eigenvalue weighted by molar-refractivity contribution is -0.161. The first-order chi connectivity index (χ1) is 49.7. The van der Waals surface area contributed by atoms with Crippen LogP contribution in [-0.4, -0.2) is 96.7 Å². The van der Waals surface area contributed by atoms with Gasteiger partial charge < -0.3 is 33.8 Å². The molecule has 0 aliphatic heterocycles. The summed E-state index contributed by atoms with van der Waals surface area (Å²) in [5.74, 6) is -2.26. The zero-order chi connectivity index (χ0) is 74.6. The number of unbranched alkanes of at least 4 members (excludes halogenated alkanes) is 28. The van der Waals surface area contributed by atoms with E-state index in [1.54, 1.807) is 0 Å². The van der Waals surface area contributed by atoms with Crippen molar-refractivity contribution in [2.24, 2.45) is 0 Å². The Labute approximate surface area is 619 Å². The van der Waals surface area contributed by atoms with Crippen molar-refractivity contribution in [2.45, 2.75) is 341 Å². The van der Waals surface area contributed by atoms with Crippen LogP contribution in [0.25, 0.3) is 0 Å². The highest BCUT2D eigenvalue weighted by atomic mass is 31.2. The van der Waals surface area contributed by atoms with E-state index in [9.17, 15) is 43.2 Å². The van der Waals surface area contributed by atoms with Crippen molar-refractivity contribution in [1.29, 1.82) is 0 Å². The second-order valence-corrected chi connectivity index (χ2v) is 29.2. The Morgan fingerprint density at radius 1 is 0.284 bits per heavy atom. The maximum Gasteiger partial charge on any atom is 0.472 e. The molecule has 3 N–H and O–H groups in total. The number of ether oxygens (including phenoxy) is 4. The van der Waals surface area contributed by atoms with Crippen molar-refractivity contribution in [2.75, 3.05) is 39.6 Å². The quantitative estimate of drug-likeness (QED) is 0.0169. The molecule has 0 bridgehead atoms. The van der Waals surface area contributed by atoms with Crippen molar-refractivity contribution in [3.05, 3.63) is 122 Å². The smallest absolute Gasteiger partial charge is 0.462 e. The predicted octanol–water partition coefficient (Wildman–Crippen LogP) is 23.1. The lowest BCUT2D eigenvalue weighted by atomic mass is 10.0. The third kappa shape index (κ3) is 73.8. The third-order valence-corrected chi connectivity index (χ3v) is 18.3. The number of carbonyl (C=O) groups excluding carboxylic acids is 4. The molecule has 5 atom stereocenters. The van der Waals surface area contributed by atoms with Crippen molar-refractivity contribution in [3.8, 4) is 0 Å². The zero-order valence-electron chi connectivity index (χ0n) is 64.0. The highest BCUT2D eigenvalue weighted by Gasteiger charge is 2.30. The molecule has 0 saturated carbocycles. The molecule has 0 aliphatic rings. The summed E-state index contributed by atoms with van der Waals surface area (Å²) in [6.07, 6.45) is 81.8. The molecular weight excluding hydrogens is 1330 g/mol. The number of aliphatic hydroxyl groups excluding tert-OH is 1. The van der Waals surface area contributed by atoms with Crippen LogP contribution in [-0.2, 0) is 65.4 Å². The van der Waals surface area contributed by atoms with Crippen LogP contribution in [0.3, 0.4) is 0 Å². The van der Waals surface area contributed by atoms with E-state index >= 15 is 0 Å². The van der Waals surface area contributed by atoms with Gasteiger partial charge in [0, 0.05) is 25.7 Å². The van der Waals surface area contributed by atoms with Crippen LogP contribution in [0.5, 0.6) is 0 Å². The number of rotatable bonds is 74. The van der Waals surface area contributed by atoms with Crippen LogP contribution in [0.4, 0.5) is 0 Å². The highest BCUT2D eigenvalue weighted by Crippen LogP contribution is 2.45. The SMILES string of the molecule is CC/C=C\C/C=C\C/C=C\C/C=C\C/C=C\CCCC(=O)OC(COC(=O)CCCCCCCC/C=C\C/C=C\C/C=C\CCCCC)COP(=O)(O)OCC(O)COP(=O)(O)OCC(COC(=O)CCCCCCC/C=C\C/C=C\CCC)OC(=O)CCCCCCCCCCCCCCC. The minimum absolute atomic E-state index is 0.0115. The van der Waals surface area contributed by atoms with Crippen LogP contribution in [0.1, 0.15) is 323 Å². The zero-order valence-corrected chi connectivity index (χ0v) is 65.8. The van der Waals surface area contributed by atoms with Gasteiger partial charge in [-0.15, -0.1) is 0 Å². The summed E-state index contributed by atoms with van der Waals surface area (Å²) >= 11 is 0. The van der Waals surface area contributed by atoms with Gasteiger partial charge in [0.1, 0.15) is 19.3 Å². The van der Waals surface area contributed by atoms with E-state index in [0.717, 1.165) is 167 Å². The minimum atomic E-state index is -5.00. The fraction of sp³-hybridized carbons (Fsp3) is 0.711. The summed E-state index contributed by atoms with van der Waals surface area (Å²) in [4.78, 5) is 72.9. The Hall–Kier alpha value is -4.54. The molecule has 102 heavy (non-hydrogen) atoms. The Morgan fingerprint density at radius 2 is 0.539 bits per heavy atom. The van der Waals surface area contributed by atoms with Crippen molar-refractivity contribution < 1.29 is 80.2 Å². The number of esters is 4. The summed E-state index contributed by atoms with van der Waals surface area (Å²) in [5.41, 5.74) is 0. The van der Waals surface area contributed by atoms with Crippen LogP contribution >= 0.6 is 15.6 Å². The van der Waals surface area contributed by atoms with Gasteiger partial charge in [-0.1, -0.05) is 290 Å². The van der Waals surface area contributed by atoms with Crippen LogP contribution in [0.15, 0.2) is 122 Å². The molecule has 0 aromatic rings. The molecule has 0 saturated heterocycles. The molecule has 586 valence electrons. The maximum absolute atomic E-state index is 13.1. The number of allylic oxidation sites excluding steroid dienone is 20. The molecule has 0 spiro atoms. The first-order valence-electron chi connectivity index (χ1n) is 39.8. The number of phosphoric acid groups is 2. The van der Waals surface area contributed by atoms with Gasteiger partial charge in [-0.3, -0.25) is 37.3 Å². The number of hydrogen-bond donors (Lipinski definition) is 3. The van der Waals surface area contributed by atoms with Crippen molar-refractivity contribution in [1.82, 2.24) is 0 Å². The number of carbonyl (C=O) groups is 4. The van der Waals surface area contributed by atoms with E-state index in [0.29, 0.717) is 32.1 Å². The molecule has 5 unspecified atom stereocenters. The number of phosphoric ester groups is 2. The van der Waals surface area contributed by atoms with Gasteiger partial charge in [0.2, 0.25) is 0 Å². The molecular formula is C83H142O17P2. The topological polar surface area (TPSA) is 237 Å². The number of aliphatic hydroxyl groups is 1. The van der Waals surface area contributed by atoms with E-state index in [1.165, 1.54) is 70.6 Å². The summed E-state index contributed by atoms with van der Waals surface area (Å²) in [7, 11) is -9.98. The number of hydrogen-bond acceptors (Lipinski definition) is 15. The van der Waals surface area contributed by atoms with E-state index in [2.05, 4.69) is 137 Å². The normalized spacial score (nSPS) is 14.5. The second kappa shape index (κ2) is 74.7. The summed E-state index contributed by atoms with van der Waals surface area (Å²) < 4.78 is 68.5. The van der Waals surface area contributed by atoms with Gasteiger partial charge >= 0.3 is 39.5 Å². The molecule has 0 amide bonds. The lowest BCUT2D eigenvalue weighted by Gasteiger charge is -2.21. The molecule has 17 nitrogen and oxygen atoms in total. The van der Waals surface area contributed by atoms with E-state index in [-0.39, 0.29) is 25.7 Å². The lowest BCUT2D eigenvalue weighted by Crippen LogP contribution is -2.30. The average Bonchev–Trinajstić information content (AvgIpc) is 0.908. The first-order valence-corrected chi connectivity index (χ1v) is 42.8. The standard InChI is InChI=1S/C83H142O17P2/c1-5-9-13-17-21-25-29-33-35-37-38-40-41-45-48-52-56-60-64-68-81(86)94-74-79(100-83(88)70-66-62-58-54-50-46-42-39-36-34-30-26-22-18-14-10-6-2)76-98-102(91,92)96-72-77(84)71-95-101(89,90)97-75-78(99-82(87)69-65-61-57-53-49-44-32-28-24-20-16-12-8-4)73-93-80(85)67-63-59-55-51-47-43-31-27-23-19-15-11-7-3/h10,14-15,19,21-22,25-27,31,33-36,38,40,42,46,54,58,77-79,84H,5-9,11-13,16-18,20,23-24,28-30,32,37,39,41,43-45,47-53,55-57,59-76H2,1-4H3,(H,89,90)(H,91,92)/b14-10-,19-15-,25-21-,26-22-,31-27-,35-33-,36-34-,40-38-,46-42-,58-54-. The van der Waals surface area contributed by atoms with Gasteiger partial charge in [-0.25, -0.2) is 9.13 Å². The van der Waals surface area contributed by atoms with Gasteiger partial charge in [0.05, 0.1) is 26.4 Å². The molecule has 0 aromatic heterocycles. The van der Waals surface area contributed by atoms with E-state index < -0.39 is 97.5 Å². The Bertz CT molecular complexity index is 2410. The van der Waals surface area contributed by atoms with Gasteiger partial charge in [-0.2, -0.15) is 0 Å². The maximum atomic E-state index is 13.1. The molecule has 0 rings (SSSR count).